The van der Waals surface area contributed by atoms with Crippen molar-refractivity contribution in [1.82, 2.24) is 0 Å². The zero-order valence-electron chi connectivity index (χ0n) is 9.78. The molecule has 0 bridgehead atoms. The lowest BCUT2D eigenvalue weighted by Crippen LogP contribution is -2.07. The van der Waals surface area contributed by atoms with Gasteiger partial charge in [-0.3, -0.25) is 0 Å². The average molecular weight is 266 g/mol. The standard InChI is InChI=1S/C12H10O7/c1-19-12(18)8-5-7(11(16)17)6(4-9(8)13)2-3-10(14)15/h2-5,13H,1H3,(H,14,15)(H,16,17)/b3-2+. The Morgan fingerprint density at radius 3 is 2.26 bits per heavy atom. The molecule has 0 spiro atoms. The van der Waals surface area contributed by atoms with Crippen molar-refractivity contribution >= 4 is 24.0 Å². The number of phenols is 1. The van der Waals surface area contributed by atoms with Crippen LogP contribution in [-0.4, -0.2) is 40.3 Å². The first-order chi connectivity index (χ1) is 8.86. The highest BCUT2D eigenvalue weighted by Gasteiger charge is 2.18. The van der Waals surface area contributed by atoms with Crippen LogP contribution >= 0.6 is 0 Å². The summed E-state index contributed by atoms with van der Waals surface area (Å²) in [5.41, 5.74) is -0.678. The maximum atomic E-state index is 11.3. The molecular formula is C12H10O7. The lowest BCUT2D eigenvalue weighted by molar-refractivity contribution is -0.131. The normalized spacial score (nSPS) is 10.4. The van der Waals surface area contributed by atoms with Gasteiger partial charge in [-0.25, -0.2) is 14.4 Å². The van der Waals surface area contributed by atoms with E-state index in [1.54, 1.807) is 0 Å². The van der Waals surface area contributed by atoms with Gasteiger partial charge >= 0.3 is 17.9 Å². The molecule has 0 aliphatic heterocycles. The zero-order valence-corrected chi connectivity index (χ0v) is 9.78. The van der Waals surface area contributed by atoms with E-state index in [4.69, 9.17) is 10.2 Å². The Labute approximate surface area is 107 Å². The van der Waals surface area contributed by atoms with Gasteiger partial charge in [0.1, 0.15) is 11.3 Å². The van der Waals surface area contributed by atoms with E-state index in [0.717, 1.165) is 31.4 Å². The van der Waals surface area contributed by atoms with Crippen LogP contribution < -0.4 is 0 Å². The Balaban J connectivity index is 3.41. The van der Waals surface area contributed by atoms with Crippen LogP contribution in [0.25, 0.3) is 6.08 Å². The molecule has 0 atom stereocenters. The number of hydrogen-bond donors (Lipinski definition) is 3. The third kappa shape index (κ3) is 3.32. The maximum Gasteiger partial charge on any atom is 0.341 e. The SMILES string of the molecule is COC(=O)c1cc(C(=O)O)c(/C=C/C(=O)O)cc1O. The molecular weight excluding hydrogens is 256 g/mol. The van der Waals surface area contributed by atoms with Crippen LogP contribution in [0.5, 0.6) is 5.75 Å². The molecule has 1 rings (SSSR count). The Morgan fingerprint density at radius 1 is 1.16 bits per heavy atom. The Morgan fingerprint density at radius 2 is 1.79 bits per heavy atom. The lowest BCUT2D eigenvalue weighted by atomic mass is 10.0. The van der Waals surface area contributed by atoms with E-state index >= 15 is 0 Å². The van der Waals surface area contributed by atoms with Crippen molar-refractivity contribution in [1.29, 1.82) is 0 Å². The Bertz CT molecular complexity index is 572. The highest BCUT2D eigenvalue weighted by atomic mass is 16.5. The number of methoxy groups -OCH3 is 1. The number of aromatic carboxylic acids is 1. The van der Waals surface area contributed by atoms with E-state index in [1.807, 2.05) is 0 Å². The summed E-state index contributed by atoms with van der Waals surface area (Å²) in [6.45, 7) is 0. The zero-order chi connectivity index (χ0) is 14.6. The number of carboxylic acid groups (broad SMARTS) is 2. The molecule has 0 radical (unpaired) electrons. The molecule has 1 aromatic carbocycles. The van der Waals surface area contributed by atoms with E-state index in [-0.39, 0.29) is 16.7 Å². The number of carbonyl (C=O) groups excluding carboxylic acids is 1. The van der Waals surface area contributed by atoms with E-state index in [1.165, 1.54) is 0 Å². The predicted octanol–water partition coefficient (Wildman–Crippen LogP) is 0.975. The fraction of sp³-hybridized carbons (Fsp3) is 0.0833. The molecule has 0 amide bonds. The maximum absolute atomic E-state index is 11.3. The van der Waals surface area contributed by atoms with Gasteiger partial charge in [0, 0.05) is 6.08 Å². The molecule has 0 aliphatic rings. The van der Waals surface area contributed by atoms with E-state index < -0.39 is 23.7 Å². The number of benzene rings is 1. The Kier molecular flexibility index (Phi) is 4.25. The highest BCUT2D eigenvalue weighted by Crippen LogP contribution is 2.24. The van der Waals surface area contributed by atoms with Crippen LogP contribution in [0.3, 0.4) is 0 Å². The topological polar surface area (TPSA) is 121 Å². The molecule has 7 nitrogen and oxygen atoms in total. The quantitative estimate of drug-likeness (QED) is 0.548. The molecule has 19 heavy (non-hydrogen) atoms. The van der Waals surface area contributed by atoms with Gasteiger partial charge < -0.3 is 20.1 Å². The molecule has 3 N–H and O–H groups in total. The van der Waals surface area contributed by atoms with Crippen molar-refractivity contribution < 1.29 is 34.4 Å². The number of esters is 1. The van der Waals surface area contributed by atoms with Crippen LogP contribution in [0.2, 0.25) is 0 Å². The molecule has 100 valence electrons. The third-order valence-electron chi connectivity index (χ3n) is 2.21. The molecule has 0 saturated carbocycles. The molecule has 0 fully saturated rings. The average Bonchev–Trinajstić information content (AvgIpc) is 2.34. The van der Waals surface area contributed by atoms with Crippen molar-refractivity contribution in [2.45, 2.75) is 0 Å². The van der Waals surface area contributed by atoms with Gasteiger partial charge in [0.25, 0.3) is 0 Å². The summed E-state index contributed by atoms with van der Waals surface area (Å²) in [6.07, 6.45) is 1.73. The van der Waals surface area contributed by atoms with E-state index in [0.29, 0.717) is 0 Å². The van der Waals surface area contributed by atoms with Crippen molar-refractivity contribution in [3.63, 3.8) is 0 Å². The molecule has 0 heterocycles. The molecule has 0 aromatic heterocycles. The van der Waals surface area contributed by atoms with Crippen LogP contribution in [0.1, 0.15) is 26.3 Å². The van der Waals surface area contributed by atoms with Gasteiger partial charge in [-0.1, -0.05) is 0 Å². The Hall–Kier alpha value is -2.83. The minimum Gasteiger partial charge on any atom is -0.507 e. The van der Waals surface area contributed by atoms with Gasteiger partial charge in [-0.05, 0) is 23.8 Å². The summed E-state index contributed by atoms with van der Waals surface area (Å²) >= 11 is 0. The number of aliphatic carboxylic acids is 1. The molecule has 0 aliphatic carbocycles. The summed E-state index contributed by atoms with van der Waals surface area (Å²) < 4.78 is 4.39. The predicted molar refractivity (Wildman–Crippen MR) is 63.1 cm³/mol. The largest absolute Gasteiger partial charge is 0.507 e. The van der Waals surface area contributed by atoms with Gasteiger partial charge in [0.05, 0.1) is 12.7 Å². The van der Waals surface area contributed by atoms with E-state index in [2.05, 4.69) is 4.74 Å². The van der Waals surface area contributed by atoms with Crippen molar-refractivity contribution in [3.8, 4) is 5.75 Å². The number of aromatic hydroxyl groups is 1. The fourth-order valence-electron chi connectivity index (χ4n) is 1.36. The van der Waals surface area contributed by atoms with Crippen LogP contribution in [-0.2, 0) is 9.53 Å². The first kappa shape index (κ1) is 14.2. The van der Waals surface area contributed by atoms with Gasteiger partial charge in [-0.15, -0.1) is 0 Å². The number of carbonyl (C=O) groups is 3. The minimum atomic E-state index is -1.37. The third-order valence-corrected chi connectivity index (χ3v) is 2.21. The number of hydrogen-bond acceptors (Lipinski definition) is 5. The summed E-state index contributed by atoms with van der Waals surface area (Å²) in [6, 6.07) is 1.90. The smallest absolute Gasteiger partial charge is 0.341 e. The van der Waals surface area contributed by atoms with Gasteiger partial charge in [0.15, 0.2) is 0 Å². The monoisotopic (exact) mass is 266 g/mol. The lowest BCUT2D eigenvalue weighted by Gasteiger charge is -2.07. The second-order valence-corrected chi connectivity index (χ2v) is 3.42. The van der Waals surface area contributed by atoms with Crippen LogP contribution in [0.15, 0.2) is 18.2 Å². The molecule has 0 unspecified atom stereocenters. The van der Waals surface area contributed by atoms with Gasteiger partial charge in [0.2, 0.25) is 0 Å². The van der Waals surface area contributed by atoms with Crippen LogP contribution in [0.4, 0.5) is 0 Å². The molecule has 0 saturated heterocycles. The van der Waals surface area contributed by atoms with Crippen LogP contribution in [0, 0.1) is 0 Å². The summed E-state index contributed by atoms with van der Waals surface area (Å²) in [7, 11) is 1.08. The van der Waals surface area contributed by atoms with Gasteiger partial charge in [-0.2, -0.15) is 0 Å². The number of rotatable bonds is 4. The fourth-order valence-corrected chi connectivity index (χ4v) is 1.36. The van der Waals surface area contributed by atoms with E-state index in [9.17, 15) is 19.5 Å². The van der Waals surface area contributed by atoms with Crippen molar-refractivity contribution in [2.75, 3.05) is 7.11 Å². The number of phenolic OH excluding ortho intramolecular Hbond substituents is 1. The molecule has 1 aromatic rings. The highest BCUT2D eigenvalue weighted by molar-refractivity contribution is 6.00. The summed E-state index contributed by atoms with van der Waals surface area (Å²) in [5, 5.41) is 27.1. The minimum absolute atomic E-state index is 0.0416. The van der Waals surface area contributed by atoms with Crippen molar-refractivity contribution in [3.05, 3.63) is 34.9 Å². The molecule has 7 heteroatoms. The summed E-state index contributed by atoms with van der Waals surface area (Å²) in [5.74, 6) is -4.03. The first-order valence-electron chi connectivity index (χ1n) is 4.96. The first-order valence-corrected chi connectivity index (χ1v) is 4.96. The summed E-state index contributed by atoms with van der Waals surface area (Å²) in [4.78, 5) is 32.7. The second kappa shape index (κ2) is 5.67. The number of carboxylic acids is 2. The van der Waals surface area contributed by atoms with Crippen molar-refractivity contribution in [2.24, 2.45) is 0 Å². The second-order valence-electron chi connectivity index (χ2n) is 3.42. The number of ether oxygens (including phenoxy) is 1.